The summed E-state index contributed by atoms with van der Waals surface area (Å²) in [6.07, 6.45) is 4.11. The number of hydrogen-bond acceptors (Lipinski definition) is 3. The lowest BCUT2D eigenvalue weighted by Gasteiger charge is -2.39. The van der Waals surface area contributed by atoms with Crippen molar-refractivity contribution in [3.63, 3.8) is 0 Å². The lowest BCUT2D eigenvalue weighted by molar-refractivity contribution is -0.137. The molecule has 1 atom stereocenters. The van der Waals surface area contributed by atoms with E-state index in [1.165, 1.54) is 6.42 Å². The normalized spacial score (nSPS) is 29.1. The maximum atomic E-state index is 12.2. The van der Waals surface area contributed by atoms with Gasteiger partial charge >= 0.3 is 0 Å². The van der Waals surface area contributed by atoms with Crippen LogP contribution in [0.1, 0.15) is 39.5 Å². The van der Waals surface area contributed by atoms with Crippen molar-refractivity contribution < 1.29 is 9.53 Å². The van der Waals surface area contributed by atoms with Gasteiger partial charge in [0, 0.05) is 31.8 Å². The van der Waals surface area contributed by atoms with E-state index in [4.69, 9.17) is 4.74 Å². The van der Waals surface area contributed by atoms with Crippen LogP contribution in [0.2, 0.25) is 0 Å². The summed E-state index contributed by atoms with van der Waals surface area (Å²) in [7, 11) is 0. The second-order valence-electron chi connectivity index (χ2n) is 5.82. The molecule has 98 valence electrons. The van der Waals surface area contributed by atoms with Gasteiger partial charge in [0.1, 0.15) is 0 Å². The van der Waals surface area contributed by atoms with Crippen LogP contribution in [0.15, 0.2) is 0 Å². The van der Waals surface area contributed by atoms with E-state index in [9.17, 15) is 4.79 Å². The average Bonchev–Trinajstić information content (AvgIpc) is 2.29. The van der Waals surface area contributed by atoms with Crippen molar-refractivity contribution in [1.82, 2.24) is 10.2 Å². The fraction of sp³-hybridized carbons (Fsp3) is 0.923. The molecule has 0 spiro atoms. The molecule has 0 aromatic heterocycles. The van der Waals surface area contributed by atoms with Gasteiger partial charge in [0.2, 0.25) is 5.91 Å². The quantitative estimate of drug-likeness (QED) is 0.787. The predicted molar refractivity (Wildman–Crippen MR) is 66.9 cm³/mol. The second-order valence-corrected chi connectivity index (χ2v) is 5.82. The maximum Gasteiger partial charge on any atom is 0.225 e. The van der Waals surface area contributed by atoms with Crippen LogP contribution in [0.5, 0.6) is 0 Å². The Morgan fingerprint density at radius 2 is 2.29 bits per heavy atom. The van der Waals surface area contributed by atoms with Crippen molar-refractivity contribution in [2.75, 3.05) is 26.2 Å². The molecule has 0 radical (unpaired) electrons. The molecule has 2 rings (SSSR count). The van der Waals surface area contributed by atoms with Crippen LogP contribution >= 0.6 is 0 Å². The van der Waals surface area contributed by atoms with Gasteiger partial charge in [0.15, 0.2) is 0 Å². The molecule has 0 aromatic rings. The first-order valence-corrected chi connectivity index (χ1v) is 6.71. The van der Waals surface area contributed by atoms with Gasteiger partial charge in [-0.05, 0) is 33.1 Å². The zero-order valence-electron chi connectivity index (χ0n) is 11.0. The number of amides is 1. The summed E-state index contributed by atoms with van der Waals surface area (Å²) in [4.78, 5) is 14.2. The van der Waals surface area contributed by atoms with Crippen molar-refractivity contribution >= 4 is 5.91 Å². The molecule has 2 saturated heterocycles. The predicted octanol–water partition coefficient (Wildman–Crippen LogP) is 1.16. The molecular formula is C13H24N2O2. The number of hydrogen-bond donors (Lipinski definition) is 1. The van der Waals surface area contributed by atoms with Crippen LogP contribution in [-0.2, 0) is 9.53 Å². The van der Waals surface area contributed by atoms with Gasteiger partial charge in [-0.1, -0.05) is 0 Å². The fourth-order valence-electron chi connectivity index (χ4n) is 2.65. The first-order valence-electron chi connectivity index (χ1n) is 6.71. The molecule has 0 bridgehead atoms. The fourth-order valence-corrected chi connectivity index (χ4v) is 2.65. The molecule has 17 heavy (non-hydrogen) atoms. The summed E-state index contributed by atoms with van der Waals surface area (Å²) in [6.45, 7) is 7.63. The van der Waals surface area contributed by atoms with E-state index < -0.39 is 0 Å². The Balaban J connectivity index is 1.82. The van der Waals surface area contributed by atoms with Crippen LogP contribution in [0.25, 0.3) is 0 Å². The lowest BCUT2D eigenvalue weighted by Crippen LogP contribution is -2.58. The van der Waals surface area contributed by atoms with E-state index in [0.717, 1.165) is 39.1 Å². The summed E-state index contributed by atoms with van der Waals surface area (Å²) in [5.74, 6) is 0.256. The molecule has 2 aliphatic rings. The minimum atomic E-state index is 0.0430. The van der Waals surface area contributed by atoms with Crippen LogP contribution < -0.4 is 5.32 Å². The van der Waals surface area contributed by atoms with Crippen LogP contribution in [0.4, 0.5) is 0 Å². The molecule has 0 saturated carbocycles. The Morgan fingerprint density at radius 3 is 2.94 bits per heavy atom. The summed E-state index contributed by atoms with van der Waals surface area (Å²) < 4.78 is 5.63. The minimum absolute atomic E-state index is 0.0430. The minimum Gasteiger partial charge on any atom is -0.378 e. The lowest BCUT2D eigenvalue weighted by atomic mass is 10.0. The number of nitrogens with zero attached hydrogens (tertiary/aromatic N) is 1. The highest BCUT2D eigenvalue weighted by Gasteiger charge is 2.29. The van der Waals surface area contributed by atoms with Crippen LogP contribution in [-0.4, -0.2) is 48.7 Å². The van der Waals surface area contributed by atoms with E-state index in [0.29, 0.717) is 6.42 Å². The monoisotopic (exact) mass is 240 g/mol. The van der Waals surface area contributed by atoms with Gasteiger partial charge in [0.05, 0.1) is 12.5 Å². The number of carbonyl (C=O) groups is 1. The summed E-state index contributed by atoms with van der Waals surface area (Å²) in [5.41, 5.74) is 0.0430. The van der Waals surface area contributed by atoms with Crippen LogP contribution in [0, 0.1) is 0 Å². The third-order valence-corrected chi connectivity index (χ3v) is 3.60. The number of piperazine rings is 1. The molecule has 4 heteroatoms. The summed E-state index contributed by atoms with van der Waals surface area (Å²) in [5, 5.41) is 3.42. The number of rotatable bonds is 2. The molecule has 4 nitrogen and oxygen atoms in total. The van der Waals surface area contributed by atoms with Gasteiger partial charge in [-0.3, -0.25) is 4.79 Å². The van der Waals surface area contributed by atoms with E-state index in [1.807, 2.05) is 4.90 Å². The molecule has 1 unspecified atom stereocenters. The van der Waals surface area contributed by atoms with E-state index in [1.54, 1.807) is 0 Å². The highest BCUT2D eigenvalue weighted by atomic mass is 16.5. The Kier molecular flexibility index (Phi) is 4.05. The molecule has 2 fully saturated rings. The molecule has 1 amide bonds. The second kappa shape index (κ2) is 5.36. The van der Waals surface area contributed by atoms with Crippen molar-refractivity contribution in [3.8, 4) is 0 Å². The van der Waals surface area contributed by atoms with E-state index in [2.05, 4.69) is 19.2 Å². The highest BCUT2D eigenvalue weighted by molar-refractivity contribution is 5.77. The van der Waals surface area contributed by atoms with Gasteiger partial charge < -0.3 is 15.0 Å². The van der Waals surface area contributed by atoms with Gasteiger partial charge in [-0.25, -0.2) is 0 Å². The largest absolute Gasteiger partial charge is 0.378 e. The van der Waals surface area contributed by atoms with Crippen LogP contribution in [0.3, 0.4) is 0 Å². The molecule has 2 heterocycles. The first-order chi connectivity index (χ1) is 8.07. The highest BCUT2D eigenvalue weighted by Crippen LogP contribution is 2.18. The molecule has 0 aromatic carbocycles. The standard InChI is InChI=1S/C13H24N2O2/c1-13(2)10-15(7-6-14-13)12(16)9-11-5-3-4-8-17-11/h11,14H,3-10H2,1-2H3. The molecule has 2 aliphatic heterocycles. The topological polar surface area (TPSA) is 41.6 Å². The first kappa shape index (κ1) is 12.8. The van der Waals surface area contributed by atoms with Gasteiger partial charge in [-0.2, -0.15) is 0 Å². The summed E-state index contributed by atoms with van der Waals surface area (Å²) >= 11 is 0. The van der Waals surface area contributed by atoms with Gasteiger partial charge in [0.25, 0.3) is 0 Å². The van der Waals surface area contributed by atoms with Crippen molar-refractivity contribution in [2.45, 2.75) is 51.2 Å². The Hall–Kier alpha value is -0.610. The molecular weight excluding hydrogens is 216 g/mol. The smallest absolute Gasteiger partial charge is 0.225 e. The van der Waals surface area contributed by atoms with Gasteiger partial charge in [-0.15, -0.1) is 0 Å². The number of carbonyl (C=O) groups excluding carboxylic acids is 1. The third kappa shape index (κ3) is 3.68. The van der Waals surface area contributed by atoms with E-state index >= 15 is 0 Å². The van der Waals surface area contributed by atoms with Crippen molar-refractivity contribution in [1.29, 1.82) is 0 Å². The third-order valence-electron chi connectivity index (χ3n) is 3.60. The molecule has 1 N–H and O–H groups in total. The SMILES string of the molecule is CC1(C)CN(C(=O)CC2CCCCO2)CCN1. The Labute approximate surface area is 104 Å². The van der Waals surface area contributed by atoms with E-state index in [-0.39, 0.29) is 17.6 Å². The Bertz CT molecular complexity index is 273. The zero-order valence-corrected chi connectivity index (χ0v) is 11.0. The van der Waals surface area contributed by atoms with Crippen molar-refractivity contribution in [3.05, 3.63) is 0 Å². The Morgan fingerprint density at radius 1 is 1.47 bits per heavy atom. The zero-order chi connectivity index (χ0) is 12.3. The summed E-state index contributed by atoms with van der Waals surface area (Å²) in [6, 6.07) is 0. The molecule has 0 aliphatic carbocycles. The average molecular weight is 240 g/mol. The number of nitrogens with one attached hydrogen (secondary N) is 1. The maximum absolute atomic E-state index is 12.2. The van der Waals surface area contributed by atoms with Crippen molar-refractivity contribution in [2.24, 2.45) is 0 Å². The number of ether oxygens (including phenoxy) is 1.